The summed E-state index contributed by atoms with van der Waals surface area (Å²) in [5.41, 5.74) is 2.22. The van der Waals surface area contributed by atoms with Crippen molar-refractivity contribution in [1.82, 2.24) is 5.32 Å². The third-order valence-electron chi connectivity index (χ3n) is 2.94. The summed E-state index contributed by atoms with van der Waals surface area (Å²) in [5, 5.41) is 5.28. The molecule has 0 bridgehead atoms. The van der Waals surface area contributed by atoms with Gasteiger partial charge in [0, 0.05) is 4.88 Å². The number of hydrogen-bond donors (Lipinski definition) is 1. The Bertz CT molecular complexity index is 524. The third kappa shape index (κ3) is 3.30. The van der Waals surface area contributed by atoms with Gasteiger partial charge in [-0.1, -0.05) is 12.1 Å². The Morgan fingerprint density at radius 3 is 2.32 bits per heavy atom. The smallest absolute Gasteiger partial charge is 0.387 e. The van der Waals surface area contributed by atoms with Crippen molar-refractivity contribution in [2.75, 3.05) is 7.05 Å². The molecule has 2 aromatic rings. The van der Waals surface area contributed by atoms with Crippen LogP contribution in [0.4, 0.5) is 8.78 Å². The molecule has 0 fully saturated rings. The van der Waals surface area contributed by atoms with Crippen LogP contribution in [0.1, 0.15) is 22.0 Å². The molecule has 1 aromatic carbocycles. The second kappa shape index (κ2) is 6.12. The Balaban J connectivity index is 2.22. The summed E-state index contributed by atoms with van der Waals surface area (Å²) in [6.45, 7) is -0.719. The number of aryl methyl sites for hydroxylation is 1. The van der Waals surface area contributed by atoms with E-state index in [9.17, 15) is 8.78 Å². The zero-order valence-electron chi connectivity index (χ0n) is 10.7. The fraction of sp³-hybridized carbons (Fsp3) is 0.286. The van der Waals surface area contributed by atoms with E-state index in [-0.39, 0.29) is 11.8 Å². The van der Waals surface area contributed by atoms with Gasteiger partial charge in [0.05, 0.1) is 6.04 Å². The summed E-state index contributed by atoms with van der Waals surface area (Å²) in [7, 11) is 1.88. The first-order chi connectivity index (χ1) is 9.11. The first-order valence-corrected chi connectivity index (χ1v) is 6.76. The molecule has 2 rings (SSSR count). The van der Waals surface area contributed by atoms with Crippen LogP contribution in [0.2, 0.25) is 0 Å². The first-order valence-electron chi connectivity index (χ1n) is 5.88. The average molecular weight is 283 g/mol. The van der Waals surface area contributed by atoms with E-state index in [1.807, 2.05) is 12.4 Å². The largest absolute Gasteiger partial charge is 0.435 e. The molecule has 1 aromatic heterocycles. The molecule has 0 saturated carbocycles. The summed E-state index contributed by atoms with van der Waals surface area (Å²) in [6, 6.07) is 8.87. The van der Waals surface area contributed by atoms with E-state index in [0.717, 1.165) is 5.56 Å². The lowest BCUT2D eigenvalue weighted by Crippen LogP contribution is -2.17. The molecule has 0 radical (unpaired) electrons. The van der Waals surface area contributed by atoms with Crippen molar-refractivity contribution in [2.24, 2.45) is 0 Å². The highest BCUT2D eigenvalue weighted by molar-refractivity contribution is 7.10. The first kappa shape index (κ1) is 14.0. The molecule has 19 heavy (non-hydrogen) atoms. The molecule has 0 aliphatic carbocycles. The van der Waals surface area contributed by atoms with Gasteiger partial charge in [0.25, 0.3) is 0 Å². The minimum Gasteiger partial charge on any atom is -0.435 e. The predicted octanol–water partition coefficient (Wildman–Crippen LogP) is 3.97. The van der Waals surface area contributed by atoms with Gasteiger partial charge in [-0.2, -0.15) is 8.78 Å². The number of benzene rings is 1. The number of thiophene rings is 1. The van der Waals surface area contributed by atoms with Gasteiger partial charge in [-0.25, -0.2) is 0 Å². The summed E-state index contributed by atoms with van der Waals surface area (Å²) in [5.74, 6) is 0.177. The number of hydrogen-bond acceptors (Lipinski definition) is 3. The van der Waals surface area contributed by atoms with E-state index in [1.165, 1.54) is 10.4 Å². The van der Waals surface area contributed by atoms with Gasteiger partial charge in [0.15, 0.2) is 0 Å². The van der Waals surface area contributed by atoms with E-state index >= 15 is 0 Å². The van der Waals surface area contributed by atoms with Gasteiger partial charge in [0.1, 0.15) is 5.75 Å². The summed E-state index contributed by atoms with van der Waals surface area (Å²) >= 11 is 1.69. The maximum absolute atomic E-state index is 12.1. The predicted molar refractivity (Wildman–Crippen MR) is 73.0 cm³/mol. The number of nitrogens with one attached hydrogen (secondary N) is 1. The van der Waals surface area contributed by atoms with Crippen LogP contribution >= 0.6 is 11.3 Å². The lowest BCUT2D eigenvalue weighted by Gasteiger charge is -2.17. The molecule has 0 spiro atoms. The molecule has 5 heteroatoms. The minimum absolute atomic E-state index is 0.0619. The highest BCUT2D eigenvalue weighted by Gasteiger charge is 2.15. The SMILES string of the molecule is CNC(c1ccc(OC(F)F)cc1)c1ccsc1C. The number of halogens is 2. The van der Waals surface area contributed by atoms with Crippen LogP contribution in [0.3, 0.4) is 0 Å². The van der Waals surface area contributed by atoms with Crippen molar-refractivity contribution in [2.45, 2.75) is 19.6 Å². The van der Waals surface area contributed by atoms with E-state index in [4.69, 9.17) is 0 Å². The average Bonchev–Trinajstić information content (AvgIpc) is 2.78. The maximum atomic E-state index is 12.1. The quantitative estimate of drug-likeness (QED) is 0.896. The topological polar surface area (TPSA) is 21.3 Å². The highest BCUT2D eigenvalue weighted by Crippen LogP contribution is 2.29. The van der Waals surface area contributed by atoms with Crippen LogP contribution in [0.25, 0.3) is 0 Å². The van der Waals surface area contributed by atoms with Gasteiger partial charge in [-0.05, 0) is 48.7 Å². The molecular formula is C14H15F2NOS. The van der Waals surface area contributed by atoms with Crippen molar-refractivity contribution in [3.63, 3.8) is 0 Å². The summed E-state index contributed by atoms with van der Waals surface area (Å²) in [6.07, 6.45) is 0. The van der Waals surface area contributed by atoms with Crippen molar-refractivity contribution < 1.29 is 13.5 Å². The van der Waals surface area contributed by atoms with Crippen LogP contribution in [0.5, 0.6) is 5.75 Å². The molecule has 0 aliphatic rings. The van der Waals surface area contributed by atoms with E-state index < -0.39 is 6.61 Å². The van der Waals surface area contributed by atoms with Crippen molar-refractivity contribution in [3.8, 4) is 5.75 Å². The zero-order chi connectivity index (χ0) is 13.8. The second-order valence-electron chi connectivity index (χ2n) is 4.10. The van der Waals surface area contributed by atoms with Crippen molar-refractivity contribution in [1.29, 1.82) is 0 Å². The molecule has 1 unspecified atom stereocenters. The Labute approximate surface area is 115 Å². The molecule has 0 saturated heterocycles. The summed E-state index contributed by atoms with van der Waals surface area (Å²) < 4.78 is 28.5. The van der Waals surface area contributed by atoms with E-state index in [0.29, 0.717) is 0 Å². The van der Waals surface area contributed by atoms with Gasteiger partial charge >= 0.3 is 6.61 Å². The van der Waals surface area contributed by atoms with Crippen molar-refractivity contribution >= 4 is 11.3 Å². The van der Waals surface area contributed by atoms with Crippen LogP contribution in [0.15, 0.2) is 35.7 Å². The lowest BCUT2D eigenvalue weighted by atomic mass is 9.99. The normalized spacial score (nSPS) is 12.7. The fourth-order valence-corrected chi connectivity index (χ4v) is 2.78. The van der Waals surface area contributed by atoms with Crippen LogP contribution in [0, 0.1) is 6.92 Å². The monoisotopic (exact) mass is 283 g/mol. The number of rotatable bonds is 5. The lowest BCUT2D eigenvalue weighted by molar-refractivity contribution is -0.0498. The van der Waals surface area contributed by atoms with Gasteiger partial charge in [0.2, 0.25) is 0 Å². The van der Waals surface area contributed by atoms with Crippen molar-refractivity contribution in [3.05, 3.63) is 51.7 Å². The molecule has 1 N–H and O–H groups in total. The highest BCUT2D eigenvalue weighted by atomic mass is 32.1. The number of alkyl halides is 2. The molecular weight excluding hydrogens is 268 g/mol. The minimum atomic E-state index is -2.79. The van der Waals surface area contributed by atoms with Gasteiger partial charge in [-0.15, -0.1) is 11.3 Å². The molecule has 1 heterocycles. The molecule has 0 amide bonds. The van der Waals surface area contributed by atoms with Gasteiger partial charge < -0.3 is 10.1 Å². The molecule has 0 aliphatic heterocycles. The Kier molecular flexibility index (Phi) is 4.50. The number of ether oxygens (including phenoxy) is 1. The Morgan fingerprint density at radius 1 is 1.16 bits per heavy atom. The Hall–Kier alpha value is -1.46. The van der Waals surface area contributed by atoms with Crippen LogP contribution < -0.4 is 10.1 Å². The van der Waals surface area contributed by atoms with E-state index in [1.54, 1.807) is 35.6 Å². The summed E-state index contributed by atoms with van der Waals surface area (Å²) in [4.78, 5) is 1.24. The molecule has 102 valence electrons. The Morgan fingerprint density at radius 2 is 1.84 bits per heavy atom. The van der Waals surface area contributed by atoms with Crippen LogP contribution in [-0.4, -0.2) is 13.7 Å². The third-order valence-corrected chi connectivity index (χ3v) is 3.80. The maximum Gasteiger partial charge on any atom is 0.387 e. The second-order valence-corrected chi connectivity index (χ2v) is 5.22. The molecule has 1 atom stereocenters. The standard InChI is InChI=1S/C14H15F2NOS/c1-9-12(7-8-19-9)13(17-2)10-3-5-11(6-4-10)18-14(15)16/h3-8,13-14,17H,1-2H3. The fourth-order valence-electron chi connectivity index (χ4n) is 2.04. The van der Waals surface area contributed by atoms with Gasteiger partial charge in [-0.3, -0.25) is 0 Å². The van der Waals surface area contributed by atoms with Crippen LogP contribution in [-0.2, 0) is 0 Å². The molecule has 2 nitrogen and oxygen atoms in total. The zero-order valence-corrected chi connectivity index (χ0v) is 11.5. The van der Waals surface area contributed by atoms with E-state index in [2.05, 4.69) is 23.0 Å².